The molecule has 0 heterocycles. The van der Waals surface area contributed by atoms with Gasteiger partial charge in [0.25, 0.3) is 6.43 Å². The van der Waals surface area contributed by atoms with Crippen LogP contribution in [0.5, 0.6) is 0 Å². The van der Waals surface area contributed by atoms with Crippen molar-refractivity contribution in [3.05, 3.63) is 60.8 Å². The van der Waals surface area contributed by atoms with Crippen molar-refractivity contribution in [3.63, 3.8) is 0 Å². The van der Waals surface area contributed by atoms with Gasteiger partial charge in [-0.1, -0.05) is 100 Å². The third-order valence-corrected chi connectivity index (χ3v) is 46.0. The topological polar surface area (TPSA) is 151 Å². The van der Waals surface area contributed by atoms with Gasteiger partial charge in [0.05, 0.1) is 42.2 Å². The fourth-order valence-electron chi connectivity index (χ4n) is 39.7. The van der Waals surface area contributed by atoms with Crippen LogP contribution in [-0.4, -0.2) is 122 Å². The second-order valence-electron chi connectivity index (χ2n) is 50.5. The van der Waals surface area contributed by atoms with Crippen LogP contribution in [0.25, 0.3) is 0 Å². The minimum atomic E-state index is -2.59. The van der Waals surface area contributed by atoms with E-state index in [9.17, 15) is 57.7 Å². The van der Waals surface area contributed by atoms with Gasteiger partial charge in [-0.3, -0.25) is 0 Å². The first-order valence-corrected chi connectivity index (χ1v) is 53.7. The number of alkyl halides is 6. The average molecular weight is 1810 g/mol. The van der Waals surface area contributed by atoms with E-state index < -0.39 is 54.5 Å². The van der Waals surface area contributed by atoms with Crippen molar-refractivity contribution in [1.82, 2.24) is 0 Å². The molecule has 0 spiro atoms. The Bertz CT molecular complexity index is 3690. The van der Waals surface area contributed by atoms with Gasteiger partial charge in [0, 0.05) is 12.4 Å². The van der Waals surface area contributed by atoms with Gasteiger partial charge in [-0.25, -0.2) is 22.0 Å². The number of hydrogen-bond donors (Lipinski definition) is 7. The summed E-state index contributed by atoms with van der Waals surface area (Å²) in [7, 11) is 1.71. The zero-order valence-electron chi connectivity index (χ0n) is 79.5. The third kappa shape index (κ3) is 17.5. The summed E-state index contributed by atoms with van der Waals surface area (Å²) in [6.07, 6.45) is 47.7. The summed E-state index contributed by atoms with van der Waals surface area (Å²) in [5, 5.41) is 72.6. The smallest absolute Gasteiger partial charge is 0.266 e. The number of halogens is 6. The summed E-state index contributed by atoms with van der Waals surface area (Å²) >= 11 is 3.64. The van der Waals surface area contributed by atoms with Crippen LogP contribution in [-0.2, 0) is 4.74 Å². The van der Waals surface area contributed by atoms with Crippen LogP contribution < -0.4 is 0 Å². The molecule has 8 nitrogen and oxygen atoms in total. The highest BCUT2D eigenvalue weighted by Crippen LogP contribution is 2.73. The highest BCUT2D eigenvalue weighted by atomic mass is 79.9. The standard InChI is InChI=1S/C23H38O3.C22H34BrFO.C22H34F2O.C22H35FO2.C22H35FO/c1-15(13-24)20-6-7-21-19-5-4-16-12-23(25,14-26-3)11-9-17(16)18(19)8-10-22(20,21)2;1-14(12-23)19-5-6-20-18-4-3-15-11-22(25,13-24)10-8-16(15)17(18)7-9-21(19,20)2;1-13(2)18-6-7-19-17-5-4-14-12-22(25,20(23)24)11-9-15(14)16(17)8-10-21(18,19)3;1-14(12-24)19-5-6-20-18-4-3-15-11-22(25,13-23)10-8-16(15)17(18)7-9-21(19,20)2;1-14(2)19-6-7-20-18-5-4-15-12-22(24,13-23)11-9-16(15)17(18)8-10-21(19,20)3/h16-21,24-25H,1,4-14H2,2-3H3;15-20,25H,1,3-13H2,2H3;14-20,25H,1,4-12H2,2-3H3;15-20,24-25H,1,3-13H2,2H3;15-20,24H,1,4-13H2,2-3H3/t16-,17-,18+,19+,20+,21-,22+,23+;15-,16-,17+,18+,19+,20-,21+,22+;14-,15-,16+,17+,18+,19-,21+,22+;2*15-,16-,17+,18+,19+,20-,21+,22+/m00000/s1. The van der Waals surface area contributed by atoms with Crippen molar-refractivity contribution < 1.29 is 62.4 Å². The molecule has 125 heavy (non-hydrogen) atoms. The quantitative estimate of drug-likeness (QED) is 0.0516. The van der Waals surface area contributed by atoms with Crippen molar-refractivity contribution in [2.75, 3.05) is 52.3 Å². The number of allylic oxidation sites excluding steroid dienone is 3. The number of methoxy groups -OCH3 is 1. The minimum Gasteiger partial charge on any atom is -0.392 e. The van der Waals surface area contributed by atoms with E-state index in [0.717, 1.165) is 168 Å². The van der Waals surface area contributed by atoms with Gasteiger partial charge in [0.2, 0.25) is 0 Å². The van der Waals surface area contributed by atoms with E-state index in [1.807, 2.05) is 0 Å². The van der Waals surface area contributed by atoms with E-state index in [1.54, 1.807) is 7.11 Å². The number of ether oxygens (including phenoxy) is 1. The molecule has 20 saturated carbocycles. The largest absolute Gasteiger partial charge is 0.392 e. The number of rotatable bonds is 14. The van der Waals surface area contributed by atoms with E-state index in [4.69, 9.17) is 4.74 Å². The first-order chi connectivity index (χ1) is 59.4. The summed E-state index contributed by atoms with van der Waals surface area (Å²) in [6, 6.07) is 0. The summed E-state index contributed by atoms with van der Waals surface area (Å²) in [6.45, 7) is 37.4. The number of aliphatic hydroxyl groups is 7. The Kier molecular flexibility index (Phi) is 29.0. The zero-order valence-corrected chi connectivity index (χ0v) is 81.1. The van der Waals surface area contributed by atoms with Crippen LogP contribution in [0.4, 0.5) is 22.0 Å². The van der Waals surface area contributed by atoms with Crippen LogP contribution in [0.1, 0.15) is 337 Å². The van der Waals surface area contributed by atoms with Crippen LogP contribution >= 0.6 is 15.9 Å². The second-order valence-corrected chi connectivity index (χ2v) is 51.1. The molecule has 0 aliphatic heterocycles. The molecule has 7 N–H and O–H groups in total. The van der Waals surface area contributed by atoms with E-state index in [-0.39, 0.29) is 13.2 Å². The SMILES string of the molecule is C=C(C)[C@H]1CC[C@H]2[C@@H]3CC[C@H]4C[C@@](O)(C(F)F)CC[C@@H]4[C@H]3CC[C@]12C.C=C(C)[C@H]1CC[C@H]2[C@@H]3CC[C@H]4C[C@@](O)(CF)CC[C@@H]4[C@H]3CC[C@]12C.C=C(CBr)[C@H]1CC[C@H]2[C@@H]3CC[C@H]4C[C@@](O)(CF)CC[C@@H]4[C@H]3CC[C@]12C.C=C(CO)[C@H]1CC[C@H]2[C@@H]3CC[C@H]4C[C@@](O)(CF)CC[C@@H]4[C@H]3CC[C@]12C.C=C(CO)[C@H]1CC[C@H]2[C@@H]3CC[C@H]4C[C@@](O)(COC)CC[C@@H]4[C@H]3CC[C@]12C. The maximum absolute atomic E-state index is 13.3. The first kappa shape index (κ1) is 96.6. The Morgan fingerprint density at radius 3 is 0.808 bits per heavy atom. The van der Waals surface area contributed by atoms with Crippen molar-refractivity contribution in [2.45, 2.75) is 372 Å². The monoisotopic (exact) mass is 1810 g/mol. The highest BCUT2D eigenvalue weighted by molar-refractivity contribution is 9.09. The maximum Gasteiger partial charge on any atom is 0.266 e. The number of aliphatic hydroxyl groups excluding tert-OH is 2. The number of hydrogen-bond acceptors (Lipinski definition) is 8. The fraction of sp³-hybridized carbons (Fsp3) is 0.910. The van der Waals surface area contributed by atoms with Crippen LogP contribution in [0.2, 0.25) is 0 Å². The predicted octanol–water partition coefficient (Wildman–Crippen LogP) is 26.0. The maximum atomic E-state index is 13.3. The van der Waals surface area contributed by atoms with Gasteiger partial charge in [-0.15, -0.1) is 0 Å². The second kappa shape index (κ2) is 37.5. The Labute approximate surface area is 763 Å². The predicted molar refractivity (Wildman–Crippen MR) is 499 cm³/mol. The Morgan fingerprint density at radius 2 is 0.552 bits per heavy atom. The molecule has 0 amide bonds. The van der Waals surface area contributed by atoms with Gasteiger partial charge in [0.15, 0.2) is 0 Å². The van der Waals surface area contributed by atoms with Crippen molar-refractivity contribution >= 4 is 15.9 Å². The van der Waals surface area contributed by atoms with Gasteiger partial charge >= 0.3 is 0 Å². The molecule has 0 unspecified atom stereocenters. The first-order valence-electron chi connectivity index (χ1n) is 52.6. The molecule has 0 bridgehead atoms. The minimum absolute atomic E-state index is 0.133. The molecule has 710 valence electrons. The molecule has 14 heteroatoms. The van der Waals surface area contributed by atoms with Crippen molar-refractivity contribution in [2.24, 2.45) is 205 Å². The van der Waals surface area contributed by atoms with E-state index in [0.29, 0.717) is 156 Å². The van der Waals surface area contributed by atoms with Crippen molar-refractivity contribution in [1.29, 1.82) is 0 Å². The van der Waals surface area contributed by atoms with Gasteiger partial charge in [-0.2, -0.15) is 0 Å². The summed E-state index contributed by atoms with van der Waals surface area (Å²) < 4.78 is 71.6. The van der Waals surface area contributed by atoms with Crippen LogP contribution in [0.15, 0.2) is 60.8 Å². The lowest BCUT2D eigenvalue weighted by atomic mass is 9.48. The van der Waals surface area contributed by atoms with Gasteiger partial charge in [-0.05, 0) is 519 Å². The van der Waals surface area contributed by atoms with Crippen molar-refractivity contribution in [3.8, 4) is 0 Å². The molecule has 20 aliphatic rings. The normalized spacial score (nSPS) is 52.2. The van der Waals surface area contributed by atoms with Gasteiger partial charge < -0.3 is 40.5 Å². The molecule has 0 radical (unpaired) electrons. The molecule has 40 atom stereocenters. The molecule has 0 aromatic heterocycles. The van der Waals surface area contributed by atoms with E-state index in [2.05, 4.69) is 97.3 Å². The van der Waals surface area contributed by atoms with Crippen LogP contribution in [0, 0.1) is 205 Å². The zero-order chi connectivity index (χ0) is 89.3. The molecule has 20 fully saturated rings. The summed E-state index contributed by atoms with van der Waals surface area (Å²) in [5.74, 6) is 21.7. The molecule has 0 saturated heterocycles. The lowest BCUT2D eigenvalue weighted by Crippen LogP contribution is -2.52. The molecule has 20 rings (SSSR count). The van der Waals surface area contributed by atoms with E-state index >= 15 is 0 Å². The van der Waals surface area contributed by atoms with Gasteiger partial charge in [0.1, 0.15) is 25.6 Å². The summed E-state index contributed by atoms with van der Waals surface area (Å²) in [4.78, 5) is 0. The van der Waals surface area contributed by atoms with Crippen LogP contribution in [0.3, 0.4) is 0 Å². The molecule has 0 aromatic carbocycles. The fourth-order valence-corrected chi connectivity index (χ4v) is 40.1. The molecular weight excluding hydrogens is 1640 g/mol. The molecule has 0 aromatic rings. The average Bonchev–Trinajstić information content (AvgIpc) is 1.64. The molecular formula is C111H176BrF5O8. The third-order valence-electron chi connectivity index (χ3n) is 45.3. The summed E-state index contributed by atoms with van der Waals surface area (Å²) in [5.41, 5.74) is 2.97. The Morgan fingerprint density at radius 1 is 0.312 bits per heavy atom. The Hall–Kier alpha value is -1.49. The Balaban J connectivity index is 0.000000115. The molecule has 20 aliphatic carbocycles. The van der Waals surface area contributed by atoms with E-state index in [1.165, 1.54) is 209 Å². The number of fused-ring (bicyclic) bond motifs is 25. The lowest BCUT2D eigenvalue weighted by molar-refractivity contribution is -0.158. The highest BCUT2D eigenvalue weighted by Gasteiger charge is 2.65. The lowest BCUT2D eigenvalue weighted by Gasteiger charge is -2.57.